The summed E-state index contributed by atoms with van der Waals surface area (Å²) in [5.74, 6) is 5.83. The first-order valence-electron chi connectivity index (χ1n) is 11.2. The monoisotopic (exact) mass is 464 g/mol. The lowest BCUT2D eigenvalue weighted by Crippen LogP contribution is -2.25. The second kappa shape index (κ2) is 8.70. The molecule has 5 aromatic rings. The Balaban J connectivity index is 1.79. The van der Waals surface area contributed by atoms with E-state index in [0.29, 0.717) is 22.1 Å². The number of anilines is 1. The molecule has 174 valence electrons. The van der Waals surface area contributed by atoms with E-state index in [0.717, 1.165) is 27.9 Å². The number of para-hydroxylation sites is 1. The number of nitrogens with two attached hydrogens (primary N) is 1. The van der Waals surface area contributed by atoms with Crippen LogP contribution in [-0.2, 0) is 6.54 Å². The number of fused-ring (bicyclic) bond motifs is 2. The van der Waals surface area contributed by atoms with Crippen LogP contribution in [0.4, 0.5) is 5.82 Å². The highest BCUT2D eigenvalue weighted by molar-refractivity contribution is 5.90. The fourth-order valence-corrected chi connectivity index (χ4v) is 4.34. The quantitative estimate of drug-likeness (QED) is 0.397. The first kappa shape index (κ1) is 22.3. The van der Waals surface area contributed by atoms with Crippen LogP contribution in [0, 0.1) is 25.7 Å². The summed E-state index contributed by atoms with van der Waals surface area (Å²) in [6.07, 6.45) is 0.552. The fourth-order valence-electron chi connectivity index (χ4n) is 4.34. The maximum absolute atomic E-state index is 13.9. The summed E-state index contributed by atoms with van der Waals surface area (Å²) in [6, 6.07) is 15.6. The number of nitrogens with zero attached hydrogens (tertiary/aromatic N) is 5. The van der Waals surface area contributed by atoms with Crippen LogP contribution in [-0.4, -0.2) is 35.5 Å². The van der Waals surface area contributed by atoms with E-state index in [4.69, 9.17) is 5.73 Å². The minimum atomic E-state index is -0.823. The van der Waals surface area contributed by atoms with E-state index in [9.17, 15) is 9.90 Å². The lowest BCUT2D eigenvalue weighted by molar-refractivity contribution is 0.253. The number of benzene rings is 2. The summed E-state index contributed by atoms with van der Waals surface area (Å²) in [7, 11) is 0. The van der Waals surface area contributed by atoms with Gasteiger partial charge in [-0.1, -0.05) is 42.3 Å². The van der Waals surface area contributed by atoms with Gasteiger partial charge in [0.05, 0.1) is 23.0 Å². The Kier molecular flexibility index (Phi) is 5.55. The Hall–Kier alpha value is -4.48. The lowest BCUT2D eigenvalue weighted by atomic mass is 10.1. The molecule has 0 amide bonds. The lowest BCUT2D eigenvalue weighted by Gasteiger charge is -2.17. The van der Waals surface area contributed by atoms with Crippen molar-refractivity contribution in [1.82, 2.24) is 24.3 Å². The third-order valence-corrected chi connectivity index (χ3v) is 5.96. The van der Waals surface area contributed by atoms with E-state index in [-0.39, 0.29) is 17.9 Å². The maximum Gasteiger partial charge on any atom is 0.263 e. The molecular formula is C27H24N6O2. The minimum absolute atomic E-state index is 0.0929. The van der Waals surface area contributed by atoms with Gasteiger partial charge in [0.15, 0.2) is 5.65 Å². The Morgan fingerprint density at radius 3 is 2.60 bits per heavy atom. The topological polar surface area (TPSA) is 112 Å². The highest BCUT2D eigenvalue weighted by Gasteiger charge is 2.19. The predicted molar refractivity (Wildman–Crippen MR) is 136 cm³/mol. The summed E-state index contributed by atoms with van der Waals surface area (Å²) in [6.45, 7) is 5.74. The van der Waals surface area contributed by atoms with Crippen molar-refractivity contribution in [2.75, 3.05) is 5.73 Å². The number of aliphatic hydroxyl groups excluding tert-OH is 1. The minimum Gasteiger partial charge on any atom is -0.383 e. The number of pyridine rings is 1. The molecule has 1 atom stereocenters. The number of aryl methyl sites for hydroxylation is 2. The summed E-state index contributed by atoms with van der Waals surface area (Å²) in [4.78, 5) is 22.3. The summed E-state index contributed by atoms with van der Waals surface area (Å²) < 4.78 is 3.41. The van der Waals surface area contributed by atoms with Crippen LogP contribution < -0.4 is 11.3 Å². The predicted octanol–water partition coefficient (Wildman–Crippen LogP) is 3.11. The van der Waals surface area contributed by atoms with Crippen LogP contribution in [0.5, 0.6) is 0 Å². The second-order valence-electron chi connectivity index (χ2n) is 8.51. The van der Waals surface area contributed by atoms with Gasteiger partial charge in [-0.3, -0.25) is 9.36 Å². The third kappa shape index (κ3) is 3.92. The summed E-state index contributed by atoms with van der Waals surface area (Å²) >= 11 is 0. The van der Waals surface area contributed by atoms with Gasteiger partial charge in [0.1, 0.15) is 23.9 Å². The number of rotatable bonds is 3. The zero-order valence-electron chi connectivity index (χ0n) is 19.6. The van der Waals surface area contributed by atoms with Gasteiger partial charge in [-0.05, 0) is 55.3 Å². The molecular weight excluding hydrogens is 440 g/mol. The maximum atomic E-state index is 13.9. The molecule has 0 bridgehead atoms. The van der Waals surface area contributed by atoms with Crippen molar-refractivity contribution >= 4 is 27.6 Å². The highest BCUT2D eigenvalue weighted by atomic mass is 16.3. The van der Waals surface area contributed by atoms with Crippen LogP contribution in [0.15, 0.2) is 59.7 Å². The van der Waals surface area contributed by atoms with Crippen LogP contribution in [0.25, 0.3) is 27.5 Å². The Morgan fingerprint density at radius 1 is 1.06 bits per heavy atom. The standard InChI is InChI=1S/C27H24N6O2/c1-16-7-4-5-10-22(16)33-20(13-19-9-6-8-17(2)23(19)27(33)35)14-32-26-24(25(28)29-15-30-26)21(31-32)12-11-18(3)34/h4-10,13,15,18,34H,14H2,1-3H3,(H2,28,29,30)/t18-/m0/s1. The number of aromatic nitrogens is 5. The van der Waals surface area contributed by atoms with Gasteiger partial charge >= 0.3 is 0 Å². The Labute approximate surface area is 201 Å². The first-order chi connectivity index (χ1) is 16.8. The molecule has 0 fully saturated rings. The number of nitrogen functional groups attached to an aromatic ring is 1. The molecule has 0 saturated carbocycles. The second-order valence-corrected chi connectivity index (χ2v) is 8.51. The summed E-state index contributed by atoms with van der Waals surface area (Å²) in [5.41, 5.74) is 10.4. The molecule has 0 aliphatic rings. The highest BCUT2D eigenvalue weighted by Crippen LogP contribution is 2.24. The number of hydrogen-bond donors (Lipinski definition) is 2. The molecule has 0 unspecified atom stereocenters. The molecule has 0 spiro atoms. The molecule has 5 rings (SSSR count). The van der Waals surface area contributed by atoms with E-state index >= 15 is 0 Å². The molecule has 3 heterocycles. The van der Waals surface area contributed by atoms with Crippen molar-refractivity contribution in [3.63, 3.8) is 0 Å². The van der Waals surface area contributed by atoms with Crippen LogP contribution in [0.3, 0.4) is 0 Å². The van der Waals surface area contributed by atoms with Crippen LogP contribution in [0.1, 0.15) is 29.4 Å². The smallest absolute Gasteiger partial charge is 0.263 e. The van der Waals surface area contributed by atoms with Crippen LogP contribution >= 0.6 is 0 Å². The number of aliphatic hydroxyl groups is 1. The van der Waals surface area contributed by atoms with Gasteiger partial charge in [-0.25, -0.2) is 14.6 Å². The van der Waals surface area contributed by atoms with Crippen molar-refractivity contribution < 1.29 is 5.11 Å². The van der Waals surface area contributed by atoms with Gasteiger partial charge in [0.2, 0.25) is 0 Å². The zero-order chi connectivity index (χ0) is 24.7. The normalized spacial score (nSPS) is 12.0. The van der Waals surface area contributed by atoms with E-state index in [1.807, 2.05) is 62.4 Å². The molecule has 8 heteroatoms. The molecule has 8 nitrogen and oxygen atoms in total. The van der Waals surface area contributed by atoms with Crippen molar-refractivity contribution in [3.05, 3.63) is 87.7 Å². The molecule has 0 radical (unpaired) electrons. The van der Waals surface area contributed by atoms with Gasteiger partial charge in [-0.2, -0.15) is 5.10 Å². The average molecular weight is 465 g/mol. The SMILES string of the molecule is Cc1ccccc1-n1c(Cn2nc(C#C[C@H](C)O)c3c(N)ncnc32)cc2cccc(C)c2c1=O. The van der Waals surface area contributed by atoms with Crippen molar-refractivity contribution in [1.29, 1.82) is 0 Å². The van der Waals surface area contributed by atoms with Crippen molar-refractivity contribution in [2.45, 2.75) is 33.4 Å². The molecule has 3 N–H and O–H groups in total. The summed E-state index contributed by atoms with van der Waals surface area (Å²) in [5, 5.41) is 16.3. The van der Waals surface area contributed by atoms with Crippen molar-refractivity contribution in [2.24, 2.45) is 0 Å². The van der Waals surface area contributed by atoms with Crippen molar-refractivity contribution in [3.8, 4) is 17.5 Å². The molecule has 2 aromatic carbocycles. The fraction of sp³-hybridized carbons (Fsp3) is 0.185. The van der Waals surface area contributed by atoms with E-state index in [1.54, 1.807) is 16.2 Å². The zero-order valence-corrected chi connectivity index (χ0v) is 19.6. The largest absolute Gasteiger partial charge is 0.383 e. The van der Waals surface area contributed by atoms with E-state index in [1.165, 1.54) is 6.33 Å². The van der Waals surface area contributed by atoms with Gasteiger partial charge in [-0.15, -0.1) is 0 Å². The van der Waals surface area contributed by atoms with E-state index < -0.39 is 6.10 Å². The first-order valence-corrected chi connectivity index (χ1v) is 11.2. The third-order valence-electron chi connectivity index (χ3n) is 5.96. The molecule has 35 heavy (non-hydrogen) atoms. The average Bonchev–Trinajstić information content (AvgIpc) is 3.17. The van der Waals surface area contributed by atoms with Gasteiger partial charge in [0.25, 0.3) is 5.56 Å². The van der Waals surface area contributed by atoms with Gasteiger partial charge < -0.3 is 10.8 Å². The molecule has 0 saturated heterocycles. The molecule has 0 aliphatic heterocycles. The Bertz CT molecular complexity index is 1720. The van der Waals surface area contributed by atoms with Gasteiger partial charge in [0, 0.05) is 5.69 Å². The number of hydrogen-bond acceptors (Lipinski definition) is 6. The van der Waals surface area contributed by atoms with Crippen LogP contribution in [0.2, 0.25) is 0 Å². The van der Waals surface area contributed by atoms with E-state index in [2.05, 4.69) is 26.9 Å². The Morgan fingerprint density at radius 2 is 1.83 bits per heavy atom. The molecule has 3 aromatic heterocycles. The molecule has 0 aliphatic carbocycles.